The third-order valence-electron chi connectivity index (χ3n) is 6.04. The summed E-state index contributed by atoms with van der Waals surface area (Å²) in [6.07, 6.45) is 0. The van der Waals surface area contributed by atoms with Gasteiger partial charge >= 0.3 is 0 Å². The molecule has 0 spiro atoms. The lowest BCUT2D eigenvalue weighted by molar-refractivity contribution is -0.118. The zero-order valence-electron chi connectivity index (χ0n) is 21.0. The number of carbonyl (C=O) groups excluding carboxylic acids is 2. The molecule has 0 unspecified atom stereocenters. The first-order valence-electron chi connectivity index (χ1n) is 11.7. The number of pyridine rings is 1. The van der Waals surface area contributed by atoms with Crippen LogP contribution in [0.25, 0.3) is 5.69 Å². The smallest absolute Gasteiger partial charge is 0.277 e. The van der Waals surface area contributed by atoms with Crippen molar-refractivity contribution in [1.82, 2.24) is 15.2 Å². The quantitative estimate of drug-likeness (QED) is 0.452. The van der Waals surface area contributed by atoms with Crippen LogP contribution in [0.15, 0.2) is 47.3 Å². The Kier molecular flexibility index (Phi) is 8.10. The number of hydrogen-bond acceptors (Lipinski definition) is 6. The number of fused-ring (bicyclic) bond motifs is 1. The number of nitrogens with one attached hydrogen (secondary N) is 2. The minimum absolute atomic E-state index is 0.0428. The largest absolute Gasteiger partial charge is 0.487 e. The summed E-state index contributed by atoms with van der Waals surface area (Å²) in [6, 6.07) is 9.62. The van der Waals surface area contributed by atoms with Gasteiger partial charge in [-0.3, -0.25) is 28.8 Å². The predicted molar refractivity (Wildman–Crippen MR) is 140 cm³/mol. The Bertz CT molecular complexity index is 1460. The van der Waals surface area contributed by atoms with Crippen molar-refractivity contribution in [1.29, 1.82) is 0 Å². The summed E-state index contributed by atoms with van der Waals surface area (Å²) in [5, 5.41) is 5.41. The number of halogens is 3. The number of rotatable bonds is 8. The Morgan fingerprint density at radius 3 is 2.26 bits per heavy atom. The van der Waals surface area contributed by atoms with E-state index in [0.717, 1.165) is 12.1 Å². The van der Waals surface area contributed by atoms with Crippen molar-refractivity contribution in [2.45, 2.75) is 13.5 Å². The normalized spacial score (nSPS) is 12.6. The van der Waals surface area contributed by atoms with Crippen molar-refractivity contribution in [3.8, 4) is 11.4 Å². The molecule has 12 heteroatoms. The Balaban J connectivity index is 1.70. The van der Waals surface area contributed by atoms with Crippen molar-refractivity contribution in [2.24, 2.45) is 0 Å². The van der Waals surface area contributed by atoms with Gasteiger partial charge in [0.25, 0.3) is 5.56 Å². The van der Waals surface area contributed by atoms with Crippen molar-refractivity contribution in [3.63, 3.8) is 0 Å². The van der Waals surface area contributed by atoms with Gasteiger partial charge in [0.15, 0.2) is 0 Å². The lowest BCUT2D eigenvalue weighted by atomic mass is 10.2. The molecule has 1 aliphatic rings. The molecular weight excluding hydrogens is 520 g/mol. The van der Waals surface area contributed by atoms with Gasteiger partial charge in [-0.25, -0.2) is 8.78 Å². The Labute approximate surface area is 222 Å². The van der Waals surface area contributed by atoms with E-state index in [1.165, 1.54) is 26.5 Å². The van der Waals surface area contributed by atoms with Crippen LogP contribution in [-0.4, -0.2) is 50.2 Å². The van der Waals surface area contributed by atoms with Crippen LogP contribution in [0.4, 0.5) is 20.2 Å². The molecule has 0 aliphatic carbocycles. The van der Waals surface area contributed by atoms with Crippen LogP contribution in [0.3, 0.4) is 0 Å². The number of aryl methyl sites for hydroxylation is 1. The van der Waals surface area contributed by atoms with Crippen LogP contribution in [-0.2, 0) is 16.2 Å². The minimum atomic E-state index is -0.774. The second-order valence-electron chi connectivity index (χ2n) is 8.65. The van der Waals surface area contributed by atoms with E-state index in [0.29, 0.717) is 22.8 Å². The first kappa shape index (κ1) is 27.2. The van der Waals surface area contributed by atoms with E-state index in [1.54, 1.807) is 39.2 Å². The number of ether oxygens (including phenoxy) is 1. The van der Waals surface area contributed by atoms with Crippen LogP contribution >= 0.6 is 11.6 Å². The number of nitrogens with zero attached hydrogens (tertiary/aromatic N) is 3. The molecule has 2 N–H and O–H groups in total. The molecule has 0 radical (unpaired) electrons. The van der Waals surface area contributed by atoms with Gasteiger partial charge in [-0.15, -0.1) is 0 Å². The maximum atomic E-state index is 14.0. The minimum Gasteiger partial charge on any atom is -0.487 e. The number of aromatic nitrogens is 1. The highest BCUT2D eigenvalue weighted by Crippen LogP contribution is 2.38. The van der Waals surface area contributed by atoms with Crippen LogP contribution < -0.4 is 30.7 Å². The van der Waals surface area contributed by atoms with Crippen LogP contribution in [0.5, 0.6) is 5.75 Å². The molecule has 1 aliphatic heterocycles. The lowest BCUT2D eigenvalue weighted by Gasteiger charge is -2.19. The fourth-order valence-corrected chi connectivity index (χ4v) is 4.40. The van der Waals surface area contributed by atoms with Gasteiger partial charge in [-0.05, 0) is 51.4 Å². The number of amides is 2. The molecule has 2 heterocycles. The van der Waals surface area contributed by atoms with E-state index < -0.39 is 17.2 Å². The molecule has 3 aromatic rings. The molecule has 0 saturated carbocycles. The van der Waals surface area contributed by atoms with Crippen LogP contribution in [0.1, 0.15) is 11.3 Å². The van der Waals surface area contributed by atoms with Gasteiger partial charge in [-0.1, -0.05) is 11.6 Å². The van der Waals surface area contributed by atoms with Gasteiger partial charge in [0.1, 0.15) is 35.7 Å². The molecule has 38 heavy (non-hydrogen) atoms. The third-order valence-corrected chi connectivity index (χ3v) is 6.39. The Hall–Kier alpha value is -3.80. The summed E-state index contributed by atoms with van der Waals surface area (Å²) in [7, 11) is 3.30. The summed E-state index contributed by atoms with van der Waals surface area (Å²) < 4.78 is 34.1. The highest BCUT2D eigenvalue weighted by Gasteiger charge is 2.33. The van der Waals surface area contributed by atoms with Gasteiger partial charge in [0.2, 0.25) is 11.8 Å². The third kappa shape index (κ3) is 5.26. The lowest BCUT2D eigenvalue weighted by Crippen LogP contribution is -2.43. The van der Waals surface area contributed by atoms with E-state index in [9.17, 15) is 23.2 Å². The van der Waals surface area contributed by atoms with Crippen molar-refractivity contribution >= 4 is 34.8 Å². The molecule has 0 atom stereocenters. The molecular formula is C26H26ClF2N5O4. The van der Waals surface area contributed by atoms with E-state index in [4.69, 9.17) is 16.3 Å². The maximum absolute atomic E-state index is 14.0. The molecule has 0 bridgehead atoms. The molecule has 2 aromatic carbocycles. The highest BCUT2D eigenvalue weighted by atomic mass is 35.5. The summed E-state index contributed by atoms with van der Waals surface area (Å²) in [4.78, 5) is 41.7. The number of carbonyl (C=O) groups is 2. The first-order valence-corrected chi connectivity index (χ1v) is 12.1. The fourth-order valence-electron chi connectivity index (χ4n) is 4.21. The molecule has 2 amide bonds. The number of likely N-dealkylation sites (N-methyl/N-ethyl adjacent to an activating group) is 2. The van der Waals surface area contributed by atoms with Gasteiger partial charge in [0, 0.05) is 23.4 Å². The van der Waals surface area contributed by atoms with Gasteiger partial charge < -0.3 is 15.4 Å². The Morgan fingerprint density at radius 1 is 0.974 bits per heavy atom. The second kappa shape index (κ2) is 11.3. The summed E-state index contributed by atoms with van der Waals surface area (Å²) in [5.41, 5.74) is 1.41. The van der Waals surface area contributed by atoms with E-state index in [2.05, 4.69) is 10.6 Å². The van der Waals surface area contributed by atoms with E-state index in [-0.39, 0.29) is 54.5 Å². The number of hydrogen-bond donors (Lipinski definition) is 2. The summed E-state index contributed by atoms with van der Waals surface area (Å²) >= 11 is 6.34. The average molecular weight is 546 g/mol. The topological polar surface area (TPSA) is 95.9 Å². The van der Waals surface area contributed by atoms with Crippen molar-refractivity contribution in [3.05, 3.63) is 80.7 Å². The van der Waals surface area contributed by atoms with Gasteiger partial charge in [-0.2, -0.15) is 0 Å². The molecule has 9 nitrogen and oxygen atoms in total. The predicted octanol–water partition coefficient (Wildman–Crippen LogP) is 2.73. The average Bonchev–Trinajstić information content (AvgIpc) is 3.26. The first-order chi connectivity index (χ1) is 18.2. The second-order valence-corrected chi connectivity index (χ2v) is 9.03. The standard InChI is InChI=1S/C26H26ClF2N5O4/c1-15-8-22(38-13-16-4-5-17(28)9-19(16)29)25(27)26(37)34(15)18-6-7-20-21(10-18)33(24(36)12-31-3)14-32(20)23(35)11-30-2/h4-10,30-31H,11-14H2,1-3H3. The van der Waals surface area contributed by atoms with Crippen molar-refractivity contribution < 1.29 is 23.1 Å². The SMILES string of the molecule is CNCC(=O)N1CN(C(=O)CNC)c2cc(-n3c(C)cc(OCc4ccc(F)cc4F)c(Cl)c3=O)ccc21. The molecule has 4 rings (SSSR count). The van der Waals surface area contributed by atoms with Gasteiger partial charge in [0.05, 0.1) is 30.2 Å². The molecule has 0 fully saturated rings. The zero-order valence-corrected chi connectivity index (χ0v) is 21.7. The highest BCUT2D eigenvalue weighted by molar-refractivity contribution is 6.31. The maximum Gasteiger partial charge on any atom is 0.277 e. The summed E-state index contributed by atoms with van der Waals surface area (Å²) in [5.74, 6) is -1.90. The fraction of sp³-hybridized carbons (Fsp3) is 0.269. The zero-order chi connectivity index (χ0) is 27.6. The van der Waals surface area contributed by atoms with Crippen LogP contribution in [0, 0.1) is 18.6 Å². The molecule has 0 saturated heterocycles. The monoisotopic (exact) mass is 545 g/mol. The number of benzene rings is 2. The van der Waals surface area contributed by atoms with Crippen molar-refractivity contribution in [2.75, 3.05) is 43.7 Å². The van der Waals surface area contributed by atoms with E-state index in [1.807, 2.05) is 0 Å². The number of anilines is 2. The van der Waals surface area contributed by atoms with E-state index >= 15 is 0 Å². The Morgan fingerprint density at radius 2 is 1.63 bits per heavy atom. The summed E-state index contributed by atoms with van der Waals surface area (Å²) in [6.45, 7) is 1.60. The van der Waals surface area contributed by atoms with Crippen LogP contribution in [0.2, 0.25) is 5.02 Å². The molecule has 200 valence electrons. The molecule has 1 aromatic heterocycles.